The summed E-state index contributed by atoms with van der Waals surface area (Å²) in [5, 5.41) is 9.31. The van der Waals surface area contributed by atoms with E-state index in [-0.39, 0.29) is 24.2 Å². The average Bonchev–Trinajstić information content (AvgIpc) is 2.49. The summed E-state index contributed by atoms with van der Waals surface area (Å²) in [4.78, 5) is 11.4. The minimum Gasteiger partial charge on any atom is -0.508 e. The molecule has 2 rings (SSSR count). The highest BCUT2D eigenvalue weighted by Gasteiger charge is 2.09. The molecule has 0 spiro atoms. The molecular weight excluding hydrogens is 276 g/mol. The standard InChI is InChI=1S/C19H20O3/c1-3-4-19(21)22-14(2)13-15-5-7-16(8-6-15)17-9-11-18(20)12-10-17/h3,5-12,14,20H,1,4,13H2,2H3. The molecule has 1 atom stereocenters. The van der Waals surface area contributed by atoms with Crippen molar-refractivity contribution in [3.63, 3.8) is 0 Å². The van der Waals surface area contributed by atoms with Gasteiger partial charge in [0.1, 0.15) is 11.9 Å². The Hall–Kier alpha value is -2.55. The van der Waals surface area contributed by atoms with Crippen LogP contribution in [0.2, 0.25) is 0 Å². The van der Waals surface area contributed by atoms with Gasteiger partial charge in [-0.2, -0.15) is 0 Å². The average molecular weight is 296 g/mol. The Morgan fingerprint density at radius 2 is 1.68 bits per heavy atom. The number of rotatable bonds is 6. The summed E-state index contributed by atoms with van der Waals surface area (Å²) in [6.07, 6.45) is 2.30. The molecule has 0 heterocycles. The maximum Gasteiger partial charge on any atom is 0.309 e. The molecule has 3 heteroatoms. The highest BCUT2D eigenvalue weighted by Crippen LogP contribution is 2.22. The first-order valence-electron chi connectivity index (χ1n) is 7.27. The molecule has 0 aromatic heterocycles. The number of ether oxygens (including phenoxy) is 1. The Bertz CT molecular complexity index is 627. The largest absolute Gasteiger partial charge is 0.508 e. The van der Waals surface area contributed by atoms with E-state index in [0.29, 0.717) is 6.42 Å². The lowest BCUT2D eigenvalue weighted by molar-refractivity contribution is -0.147. The van der Waals surface area contributed by atoms with Crippen LogP contribution in [0.4, 0.5) is 0 Å². The maximum absolute atomic E-state index is 11.4. The molecular formula is C19H20O3. The molecule has 2 aromatic carbocycles. The highest BCUT2D eigenvalue weighted by molar-refractivity contribution is 5.71. The summed E-state index contributed by atoms with van der Waals surface area (Å²) in [5.74, 6) is 0.0127. The van der Waals surface area contributed by atoms with E-state index in [1.165, 1.54) is 0 Å². The van der Waals surface area contributed by atoms with Crippen LogP contribution in [-0.2, 0) is 16.0 Å². The fourth-order valence-electron chi connectivity index (χ4n) is 2.25. The Morgan fingerprint density at radius 1 is 1.14 bits per heavy atom. The molecule has 1 N–H and O–H groups in total. The summed E-state index contributed by atoms with van der Waals surface area (Å²) in [6.45, 7) is 5.40. The van der Waals surface area contributed by atoms with Gasteiger partial charge in [-0.3, -0.25) is 4.79 Å². The molecule has 0 fully saturated rings. The van der Waals surface area contributed by atoms with Gasteiger partial charge in [-0.25, -0.2) is 0 Å². The lowest BCUT2D eigenvalue weighted by Crippen LogP contribution is -2.16. The van der Waals surface area contributed by atoms with Crippen LogP contribution in [-0.4, -0.2) is 17.2 Å². The van der Waals surface area contributed by atoms with E-state index in [9.17, 15) is 9.90 Å². The van der Waals surface area contributed by atoms with Gasteiger partial charge >= 0.3 is 5.97 Å². The number of phenols is 1. The van der Waals surface area contributed by atoms with Crippen LogP contribution in [0, 0.1) is 0 Å². The molecule has 0 saturated heterocycles. The van der Waals surface area contributed by atoms with Crippen LogP contribution in [0.3, 0.4) is 0 Å². The van der Waals surface area contributed by atoms with E-state index in [4.69, 9.17) is 4.74 Å². The quantitative estimate of drug-likeness (QED) is 0.644. The summed E-state index contributed by atoms with van der Waals surface area (Å²) in [6, 6.07) is 15.2. The zero-order chi connectivity index (χ0) is 15.9. The van der Waals surface area contributed by atoms with Crippen molar-refractivity contribution in [1.82, 2.24) is 0 Å². The van der Waals surface area contributed by atoms with Gasteiger partial charge in [-0.1, -0.05) is 42.5 Å². The molecule has 114 valence electrons. The number of aromatic hydroxyl groups is 1. The van der Waals surface area contributed by atoms with Gasteiger partial charge in [0.25, 0.3) is 0 Å². The van der Waals surface area contributed by atoms with Crippen molar-refractivity contribution < 1.29 is 14.6 Å². The third-order valence-corrected chi connectivity index (χ3v) is 3.32. The fraction of sp³-hybridized carbons (Fsp3) is 0.211. The minimum absolute atomic E-state index is 0.160. The Kier molecular flexibility index (Phi) is 5.37. The van der Waals surface area contributed by atoms with Crippen molar-refractivity contribution in [2.75, 3.05) is 0 Å². The molecule has 0 aliphatic carbocycles. The first kappa shape index (κ1) is 15.8. The van der Waals surface area contributed by atoms with Crippen LogP contribution in [0.25, 0.3) is 11.1 Å². The number of esters is 1. The summed E-state index contributed by atoms with van der Waals surface area (Å²) >= 11 is 0. The monoisotopic (exact) mass is 296 g/mol. The normalized spacial score (nSPS) is 11.7. The molecule has 3 nitrogen and oxygen atoms in total. The van der Waals surface area contributed by atoms with Gasteiger partial charge in [-0.05, 0) is 35.7 Å². The first-order valence-corrected chi connectivity index (χ1v) is 7.27. The molecule has 0 aliphatic heterocycles. The summed E-state index contributed by atoms with van der Waals surface area (Å²) in [5.41, 5.74) is 3.25. The van der Waals surface area contributed by atoms with E-state index < -0.39 is 0 Å². The second kappa shape index (κ2) is 7.46. The molecule has 2 aromatic rings. The summed E-state index contributed by atoms with van der Waals surface area (Å²) in [7, 11) is 0. The molecule has 22 heavy (non-hydrogen) atoms. The van der Waals surface area contributed by atoms with E-state index in [1.807, 2.05) is 43.3 Å². The van der Waals surface area contributed by atoms with Gasteiger partial charge in [0.05, 0.1) is 6.42 Å². The highest BCUT2D eigenvalue weighted by atomic mass is 16.5. The van der Waals surface area contributed by atoms with Crippen molar-refractivity contribution in [2.45, 2.75) is 25.9 Å². The zero-order valence-corrected chi connectivity index (χ0v) is 12.7. The minimum atomic E-state index is -0.247. The van der Waals surface area contributed by atoms with Crippen molar-refractivity contribution >= 4 is 5.97 Å². The van der Waals surface area contributed by atoms with Crippen molar-refractivity contribution in [1.29, 1.82) is 0 Å². The molecule has 0 aliphatic rings. The lowest BCUT2D eigenvalue weighted by atomic mass is 10.0. The van der Waals surface area contributed by atoms with Crippen LogP contribution in [0.1, 0.15) is 18.9 Å². The molecule has 0 amide bonds. The van der Waals surface area contributed by atoms with Crippen LogP contribution >= 0.6 is 0 Å². The van der Waals surface area contributed by atoms with Crippen molar-refractivity contribution in [2.24, 2.45) is 0 Å². The number of carbonyl (C=O) groups excluding carboxylic acids is 1. The predicted molar refractivity (Wildman–Crippen MR) is 87.6 cm³/mol. The fourth-order valence-corrected chi connectivity index (χ4v) is 2.25. The maximum atomic E-state index is 11.4. The van der Waals surface area contributed by atoms with Crippen molar-refractivity contribution in [3.05, 3.63) is 66.7 Å². The number of benzene rings is 2. The number of phenolic OH excluding ortho intramolecular Hbond substituents is 1. The zero-order valence-electron chi connectivity index (χ0n) is 12.7. The van der Waals surface area contributed by atoms with Crippen LogP contribution < -0.4 is 0 Å². The second-order valence-corrected chi connectivity index (χ2v) is 5.24. The van der Waals surface area contributed by atoms with Gasteiger partial charge in [0.15, 0.2) is 0 Å². The molecule has 0 radical (unpaired) electrons. The first-order chi connectivity index (χ1) is 10.6. The SMILES string of the molecule is C=CCC(=O)OC(C)Cc1ccc(-c2ccc(O)cc2)cc1. The molecule has 0 bridgehead atoms. The van der Waals surface area contributed by atoms with Gasteiger partial charge in [0, 0.05) is 6.42 Å². The van der Waals surface area contributed by atoms with E-state index >= 15 is 0 Å². The van der Waals surface area contributed by atoms with Crippen LogP contribution in [0.15, 0.2) is 61.2 Å². The topological polar surface area (TPSA) is 46.5 Å². The van der Waals surface area contributed by atoms with E-state index in [2.05, 4.69) is 6.58 Å². The van der Waals surface area contributed by atoms with Crippen molar-refractivity contribution in [3.8, 4) is 16.9 Å². The lowest BCUT2D eigenvalue weighted by Gasteiger charge is -2.13. The van der Waals surface area contributed by atoms with E-state index in [0.717, 1.165) is 16.7 Å². The smallest absolute Gasteiger partial charge is 0.309 e. The molecule has 0 saturated carbocycles. The van der Waals surface area contributed by atoms with E-state index in [1.54, 1.807) is 18.2 Å². The van der Waals surface area contributed by atoms with Crippen LogP contribution in [0.5, 0.6) is 5.75 Å². The third-order valence-electron chi connectivity index (χ3n) is 3.32. The second-order valence-electron chi connectivity index (χ2n) is 5.24. The Balaban J connectivity index is 1.98. The molecule has 1 unspecified atom stereocenters. The van der Waals surface area contributed by atoms with Gasteiger partial charge in [0.2, 0.25) is 0 Å². The third kappa shape index (κ3) is 4.48. The predicted octanol–water partition coefficient (Wildman–Crippen LogP) is 4.11. The Labute approximate surface area is 130 Å². The number of hydrogen-bond donors (Lipinski definition) is 1. The Morgan fingerprint density at radius 3 is 2.23 bits per heavy atom. The van der Waals surface area contributed by atoms with Gasteiger partial charge in [-0.15, -0.1) is 6.58 Å². The number of hydrogen-bond acceptors (Lipinski definition) is 3. The summed E-state index contributed by atoms with van der Waals surface area (Å²) < 4.78 is 5.28. The van der Waals surface area contributed by atoms with Gasteiger partial charge < -0.3 is 9.84 Å². The number of carbonyl (C=O) groups is 1.